The Morgan fingerprint density at radius 1 is 0.744 bits per heavy atom. The van der Waals surface area contributed by atoms with Crippen LogP contribution in [0.1, 0.15) is 65.7 Å². The van der Waals surface area contributed by atoms with Crippen LogP contribution in [0.2, 0.25) is 0 Å². The first kappa shape index (κ1) is 27.1. The first-order chi connectivity index (χ1) is 19.1. The number of amides is 3. The van der Waals surface area contributed by atoms with Gasteiger partial charge < -0.3 is 25.3 Å². The summed E-state index contributed by atoms with van der Waals surface area (Å²) in [5.41, 5.74) is 2.85. The van der Waals surface area contributed by atoms with E-state index in [0.717, 1.165) is 70.4 Å². The topological polar surface area (TPSA) is 97.9 Å². The number of benzene rings is 1. The van der Waals surface area contributed by atoms with Gasteiger partial charge in [-0.2, -0.15) is 0 Å². The predicted octanol–water partition coefficient (Wildman–Crippen LogP) is 3.39. The first-order valence-corrected chi connectivity index (χ1v) is 14.5. The van der Waals surface area contributed by atoms with Gasteiger partial charge in [0.1, 0.15) is 0 Å². The van der Waals surface area contributed by atoms with Crippen LogP contribution in [0.25, 0.3) is 0 Å². The highest BCUT2D eigenvalue weighted by atomic mass is 16.2. The number of carbonyl (C=O) groups is 3. The van der Waals surface area contributed by atoms with Crippen molar-refractivity contribution < 1.29 is 14.4 Å². The number of anilines is 2. The Morgan fingerprint density at radius 2 is 1.49 bits per heavy atom. The van der Waals surface area contributed by atoms with Crippen LogP contribution in [0.3, 0.4) is 0 Å². The number of hydrogen-bond donors (Lipinski definition) is 2. The Morgan fingerprint density at radius 3 is 2.31 bits per heavy atom. The molecule has 2 aromatic rings. The molecule has 0 bridgehead atoms. The maximum Gasteiger partial charge on any atom is 0.254 e. The fourth-order valence-corrected chi connectivity index (χ4v) is 5.91. The highest BCUT2D eigenvalue weighted by molar-refractivity contribution is 6.00. The lowest BCUT2D eigenvalue weighted by Gasteiger charge is -2.28. The van der Waals surface area contributed by atoms with E-state index >= 15 is 0 Å². The third kappa shape index (κ3) is 6.76. The molecule has 5 rings (SSSR count). The van der Waals surface area contributed by atoms with E-state index in [4.69, 9.17) is 0 Å². The van der Waals surface area contributed by atoms with Gasteiger partial charge in [0.25, 0.3) is 11.8 Å². The van der Waals surface area contributed by atoms with Gasteiger partial charge in [0, 0.05) is 75.3 Å². The Hall–Kier alpha value is -3.46. The van der Waals surface area contributed by atoms with Gasteiger partial charge in [-0.05, 0) is 62.6 Å². The van der Waals surface area contributed by atoms with E-state index in [1.165, 1.54) is 6.42 Å². The van der Waals surface area contributed by atoms with Gasteiger partial charge in [-0.15, -0.1) is 0 Å². The molecule has 3 fully saturated rings. The molecule has 2 saturated heterocycles. The summed E-state index contributed by atoms with van der Waals surface area (Å²) in [6.07, 6.45) is 10.2. The van der Waals surface area contributed by atoms with Crippen molar-refractivity contribution in [2.24, 2.45) is 5.92 Å². The van der Waals surface area contributed by atoms with Crippen molar-refractivity contribution in [2.75, 3.05) is 62.6 Å². The van der Waals surface area contributed by atoms with Gasteiger partial charge in [0.2, 0.25) is 5.91 Å². The van der Waals surface area contributed by atoms with Crippen LogP contribution in [0, 0.1) is 5.92 Å². The summed E-state index contributed by atoms with van der Waals surface area (Å²) in [5, 5.41) is 6.57. The normalized spacial score (nSPS) is 19.2. The fourth-order valence-electron chi connectivity index (χ4n) is 5.91. The van der Waals surface area contributed by atoms with E-state index < -0.39 is 0 Å². The predicted molar refractivity (Wildman–Crippen MR) is 152 cm³/mol. The van der Waals surface area contributed by atoms with Crippen LogP contribution in [-0.2, 0) is 4.79 Å². The Labute approximate surface area is 230 Å². The molecular weight excluding hydrogens is 492 g/mol. The second-order valence-electron chi connectivity index (χ2n) is 10.8. The van der Waals surface area contributed by atoms with Crippen LogP contribution in [0.4, 0.5) is 11.4 Å². The van der Waals surface area contributed by atoms with Crippen LogP contribution >= 0.6 is 0 Å². The van der Waals surface area contributed by atoms with E-state index in [0.29, 0.717) is 43.0 Å². The van der Waals surface area contributed by atoms with E-state index in [-0.39, 0.29) is 23.6 Å². The van der Waals surface area contributed by atoms with E-state index in [1.54, 1.807) is 24.5 Å². The monoisotopic (exact) mass is 532 g/mol. The zero-order valence-electron chi connectivity index (χ0n) is 22.7. The molecule has 0 atom stereocenters. The van der Waals surface area contributed by atoms with Gasteiger partial charge >= 0.3 is 0 Å². The molecule has 2 N–H and O–H groups in total. The number of carbonyl (C=O) groups excluding carboxylic acids is 3. The molecular formula is C30H40N6O3. The SMILES string of the molecule is O=C(Nc1cc(C(=O)N2CCCNCC2)ccc1N1CCCN(C(=O)c2ccncc2)CC1)C1CCCCC1. The van der Waals surface area contributed by atoms with Gasteiger partial charge in [-0.3, -0.25) is 19.4 Å². The smallest absolute Gasteiger partial charge is 0.254 e. The number of rotatable bonds is 5. The summed E-state index contributed by atoms with van der Waals surface area (Å²) in [6, 6.07) is 9.22. The van der Waals surface area contributed by atoms with Crippen molar-refractivity contribution in [3.05, 3.63) is 53.9 Å². The molecule has 0 radical (unpaired) electrons. The van der Waals surface area contributed by atoms with Gasteiger partial charge in [-0.25, -0.2) is 0 Å². The Kier molecular flexibility index (Phi) is 9.08. The first-order valence-electron chi connectivity index (χ1n) is 14.5. The van der Waals surface area contributed by atoms with Crippen LogP contribution in [-0.4, -0.2) is 84.9 Å². The van der Waals surface area contributed by atoms with E-state index in [9.17, 15) is 14.4 Å². The molecule has 1 saturated carbocycles. The summed E-state index contributed by atoms with van der Waals surface area (Å²) >= 11 is 0. The molecule has 9 heteroatoms. The van der Waals surface area contributed by atoms with Crippen LogP contribution < -0.4 is 15.5 Å². The number of pyridine rings is 1. The summed E-state index contributed by atoms with van der Waals surface area (Å²) in [7, 11) is 0. The largest absolute Gasteiger partial charge is 0.368 e. The second kappa shape index (κ2) is 13.1. The number of nitrogens with zero attached hydrogens (tertiary/aromatic N) is 4. The van der Waals surface area contributed by atoms with Crippen LogP contribution in [0.5, 0.6) is 0 Å². The molecule has 2 aliphatic heterocycles. The standard InChI is InChI=1S/C30H40N6O3/c37-28(23-6-2-1-3-7-23)33-26-22-25(30(39)35-16-4-12-31-15-19-35)8-9-27(26)34-17-5-18-36(21-20-34)29(38)24-10-13-32-14-11-24/h8-11,13-14,22-23,31H,1-7,12,15-21H2,(H,33,37). The average molecular weight is 533 g/mol. The number of aromatic nitrogens is 1. The Balaban J connectivity index is 1.36. The highest BCUT2D eigenvalue weighted by Gasteiger charge is 2.26. The maximum atomic E-state index is 13.4. The van der Waals surface area contributed by atoms with E-state index in [1.807, 2.05) is 28.0 Å². The summed E-state index contributed by atoms with van der Waals surface area (Å²) < 4.78 is 0. The second-order valence-corrected chi connectivity index (χ2v) is 10.8. The molecule has 3 heterocycles. The lowest BCUT2D eigenvalue weighted by Crippen LogP contribution is -2.36. The number of hydrogen-bond acceptors (Lipinski definition) is 6. The minimum absolute atomic E-state index is 0.00315. The molecule has 0 unspecified atom stereocenters. The van der Waals surface area contributed by atoms with E-state index in [2.05, 4.69) is 20.5 Å². The Bertz CT molecular complexity index is 1140. The lowest BCUT2D eigenvalue weighted by molar-refractivity contribution is -0.120. The van der Waals surface area contributed by atoms with Crippen molar-refractivity contribution in [1.82, 2.24) is 20.1 Å². The molecule has 1 aromatic carbocycles. The molecule has 0 spiro atoms. The molecule has 208 valence electrons. The van der Waals surface area contributed by atoms with Gasteiger partial charge in [-0.1, -0.05) is 19.3 Å². The molecule has 39 heavy (non-hydrogen) atoms. The quantitative estimate of drug-likeness (QED) is 0.613. The third-order valence-corrected chi connectivity index (χ3v) is 8.16. The molecule has 1 aromatic heterocycles. The van der Waals surface area contributed by atoms with Crippen molar-refractivity contribution in [3.8, 4) is 0 Å². The summed E-state index contributed by atoms with van der Waals surface area (Å²) in [5.74, 6) is 0.0745. The summed E-state index contributed by atoms with van der Waals surface area (Å²) in [4.78, 5) is 49.8. The van der Waals surface area contributed by atoms with Crippen molar-refractivity contribution >= 4 is 29.1 Å². The average Bonchev–Trinajstić information content (AvgIpc) is 3.41. The van der Waals surface area contributed by atoms with Crippen molar-refractivity contribution in [1.29, 1.82) is 0 Å². The van der Waals surface area contributed by atoms with Crippen molar-refractivity contribution in [3.63, 3.8) is 0 Å². The van der Waals surface area contributed by atoms with Crippen LogP contribution in [0.15, 0.2) is 42.7 Å². The highest BCUT2D eigenvalue weighted by Crippen LogP contribution is 2.31. The third-order valence-electron chi connectivity index (χ3n) is 8.16. The molecule has 1 aliphatic carbocycles. The minimum Gasteiger partial charge on any atom is -0.368 e. The zero-order chi connectivity index (χ0) is 27.0. The molecule has 3 amide bonds. The minimum atomic E-state index is 0.00315. The van der Waals surface area contributed by atoms with Gasteiger partial charge in [0.05, 0.1) is 11.4 Å². The maximum absolute atomic E-state index is 13.4. The molecule has 3 aliphatic rings. The molecule has 9 nitrogen and oxygen atoms in total. The zero-order valence-corrected chi connectivity index (χ0v) is 22.7. The lowest BCUT2D eigenvalue weighted by atomic mass is 9.88. The summed E-state index contributed by atoms with van der Waals surface area (Å²) in [6.45, 7) is 5.77. The van der Waals surface area contributed by atoms with Crippen molar-refractivity contribution in [2.45, 2.75) is 44.9 Å². The number of nitrogens with one attached hydrogen (secondary N) is 2. The fraction of sp³-hybridized carbons (Fsp3) is 0.533. The van der Waals surface area contributed by atoms with Gasteiger partial charge in [0.15, 0.2) is 0 Å².